The summed E-state index contributed by atoms with van der Waals surface area (Å²) in [5.41, 5.74) is 1.28. The number of ether oxygens (including phenoxy) is 2. The van der Waals surface area contributed by atoms with E-state index in [1.165, 1.54) is 5.56 Å². The summed E-state index contributed by atoms with van der Waals surface area (Å²) in [5.74, 6) is -0.216. The molecule has 116 valence electrons. The molecule has 2 saturated heterocycles. The van der Waals surface area contributed by atoms with Gasteiger partial charge in [0, 0.05) is 19.5 Å². The second-order valence-corrected chi connectivity index (χ2v) is 6.56. The lowest BCUT2D eigenvalue weighted by Crippen LogP contribution is -2.54. The Bertz CT molecular complexity index is 471. The number of likely N-dealkylation sites (tertiary alicyclic amines) is 1. The van der Waals surface area contributed by atoms with E-state index in [9.17, 15) is 4.79 Å². The Morgan fingerprint density at radius 2 is 2.33 bits per heavy atom. The number of rotatable bonds is 3. The Morgan fingerprint density at radius 1 is 1.52 bits per heavy atom. The van der Waals surface area contributed by atoms with Gasteiger partial charge >= 0.3 is 6.03 Å². The van der Waals surface area contributed by atoms with Crippen LogP contribution < -0.4 is 5.32 Å². The lowest BCUT2D eigenvalue weighted by molar-refractivity contribution is -0.182. The van der Waals surface area contributed by atoms with E-state index in [-0.39, 0.29) is 6.03 Å². The second kappa shape index (κ2) is 6.34. The average molecular weight is 310 g/mol. The van der Waals surface area contributed by atoms with E-state index in [0.717, 1.165) is 19.4 Å². The first-order chi connectivity index (χ1) is 10.2. The van der Waals surface area contributed by atoms with Crippen LogP contribution in [0.5, 0.6) is 0 Å². The first-order valence-electron chi connectivity index (χ1n) is 7.51. The van der Waals surface area contributed by atoms with Gasteiger partial charge in [-0.2, -0.15) is 11.3 Å². The van der Waals surface area contributed by atoms with Crippen molar-refractivity contribution in [2.45, 2.75) is 31.5 Å². The molecule has 1 aromatic heterocycles. The van der Waals surface area contributed by atoms with E-state index in [4.69, 9.17) is 9.47 Å². The number of amides is 2. The molecule has 1 N–H and O–H groups in total. The number of carbonyl (C=O) groups is 1. The van der Waals surface area contributed by atoms with Gasteiger partial charge < -0.3 is 19.7 Å². The smallest absolute Gasteiger partial charge is 0.317 e. The molecule has 21 heavy (non-hydrogen) atoms. The van der Waals surface area contributed by atoms with Crippen LogP contribution >= 0.6 is 11.3 Å². The standard InChI is InChI=1S/C15H22N2O3S/c1-12(13-3-8-21-10-13)9-16-14(18)17-5-2-4-15(11-17)19-6-7-20-15/h3,8,10,12H,2,4-7,9,11H2,1H3,(H,16,18)/t12-/m1/s1. The van der Waals surface area contributed by atoms with Gasteiger partial charge in [0.2, 0.25) is 0 Å². The van der Waals surface area contributed by atoms with Gasteiger partial charge in [-0.25, -0.2) is 4.79 Å². The summed E-state index contributed by atoms with van der Waals surface area (Å²) in [6.07, 6.45) is 1.80. The van der Waals surface area contributed by atoms with Gasteiger partial charge in [0.05, 0.1) is 19.8 Å². The molecule has 2 aliphatic rings. The zero-order valence-electron chi connectivity index (χ0n) is 12.3. The van der Waals surface area contributed by atoms with Crippen LogP contribution in [0.4, 0.5) is 4.79 Å². The summed E-state index contributed by atoms with van der Waals surface area (Å²) in [4.78, 5) is 14.1. The maximum atomic E-state index is 12.3. The van der Waals surface area contributed by atoms with Crippen molar-refractivity contribution in [2.24, 2.45) is 0 Å². The number of carbonyl (C=O) groups excluding carboxylic acids is 1. The van der Waals surface area contributed by atoms with Gasteiger partial charge in [-0.1, -0.05) is 6.92 Å². The highest BCUT2D eigenvalue weighted by Gasteiger charge is 2.42. The number of hydrogen-bond acceptors (Lipinski definition) is 4. The topological polar surface area (TPSA) is 50.8 Å². The number of nitrogens with zero attached hydrogens (tertiary/aromatic N) is 1. The molecular weight excluding hydrogens is 288 g/mol. The number of nitrogens with one attached hydrogen (secondary N) is 1. The Labute approximate surface area is 129 Å². The quantitative estimate of drug-likeness (QED) is 0.932. The third-order valence-electron chi connectivity index (χ3n) is 4.19. The van der Waals surface area contributed by atoms with Gasteiger partial charge in [0.15, 0.2) is 5.79 Å². The van der Waals surface area contributed by atoms with Crippen LogP contribution in [0.15, 0.2) is 16.8 Å². The number of urea groups is 1. The highest BCUT2D eigenvalue weighted by atomic mass is 32.1. The van der Waals surface area contributed by atoms with Crippen molar-refractivity contribution in [3.8, 4) is 0 Å². The maximum absolute atomic E-state index is 12.3. The fourth-order valence-electron chi connectivity index (χ4n) is 2.92. The number of hydrogen-bond donors (Lipinski definition) is 1. The molecule has 3 rings (SSSR count). The average Bonchev–Trinajstić information content (AvgIpc) is 3.16. The molecule has 2 fully saturated rings. The molecule has 0 saturated carbocycles. The summed E-state index contributed by atoms with van der Waals surface area (Å²) in [7, 11) is 0. The van der Waals surface area contributed by atoms with E-state index in [1.807, 2.05) is 4.90 Å². The maximum Gasteiger partial charge on any atom is 0.317 e. The Hall–Kier alpha value is -1.11. The van der Waals surface area contributed by atoms with Gasteiger partial charge in [0.1, 0.15) is 0 Å². The fraction of sp³-hybridized carbons (Fsp3) is 0.667. The normalized spacial score (nSPS) is 22.4. The van der Waals surface area contributed by atoms with Gasteiger partial charge in [-0.15, -0.1) is 0 Å². The van der Waals surface area contributed by atoms with Gasteiger partial charge in [-0.05, 0) is 34.7 Å². The summed E-state index contributed by atoms with van der Waals surface area (Å²) < 4.78 is 11.4. The predicted molar refractivity (Wildman–Crippen MR) is 81.6 cm³/mol. The molecule has 5 nitrogen and oxygen atoms in total. The van der Waals surface area contributed by atoms with Crippen molar-refractivity contribution in [1.82, 2.24) is 10.2 Å². The third kappa shape index (κ3) is 3.39. The molecule has 2 aliphatic heterocycles. The molecule has 0 aliphatic carbocycles. The van der Waals surface area contributed by atoms with Crippen LogP contribution in [0.2, 0.25) is 0 Å². The van der Waals surface area contributed by atoms with Crippen molar-refractivity contribution in [3.63, 3.8) is 0 Å². The van der Waals surface area contributed by atoms with Crippen LogP contribution in [0.3, 0.4) is 0 Å². The van der Waals surface area contributed by atoms with Crippen molar-refractivity contribution in [2.75, 3.05) is 32.8 Å². The van der Waals surface area contributed by atoms with Crippen molar-refractivity contribution < 1.29 is 14.3 Å². The first kappa shape index (κ1) is 14.8. The molecule has 1 aromatic rings. The van der Waals surface area contributed by atoms with E-state index < -0.39 is 5.79 Å². The molecule has 3 heterocycles. The summed E-state index contributed by atoms with van der Waals surface area (Å²) in [6, 6.07) is 2.09. The zero-order valence-corrected chi connectivity index (χ0v) is 13.2. The number of piperidine rings is 1. The van der Waals surface area contributed by atoms with Gasteiger partial charge in [0.25, 0.3) is 0 Å². The molecule has 0 bridgehead atoms. The largest absolute Gasteiger partial charge is 0.346 e. The molecule has 0 radical (unpaired) electrons. The molecule has 1 spiro atoms. The van der Waals surface area contributed by atoms with Crippen LogP contribution in [0.1, 0.15) is 31.2 Å². The molecule has 6 heteroatoms. The van der Waals surface area contributed by atoms with E-state index in [0.29, 0.717) is 32.2 Å². The van der Waals surface area contributed by atoms with E-state index in [2.05, 4.69) is 29.1 Å². The van der Waals surface area contributed by atoms with Crippen LogP contribution in [-0.4, -0.2) is 49.6 Å². The second-order valence-electron chi connectivity index (χ2n) is 5.78. The Kier molecular flexibility index (Phi) is 4.47. The van der Waals surface area contributed by atoms with E-state index >= 15 is 0 Å². The SMILES string of the molecule is C[C@H](CNC(=O)N1CCCC2(C1)OCCO2)c1ccsc1. The molecular formula is C15H22N2O3S. The lowest BCUT2D eigenvalue weighted by atomic mass is 10.0. The lowest BCUT2D eigenvalue weighted by Gasteiger charge is -2.38. The van der Waals surface area contributed by atoms with Crippen molar-refractivity contribution in [1.29, 1.82) is 0 Å². The van der Waals surface area contributed by atoms with Crippen LogP contribution in [0.25, 0.3) is 0 Å². The van der Waals surface area contributed by atoms with E-state index in [1.54, 1.807) is 11.3 Å². The fourth-order valence-corrected chi connectivity index (χ4v) is 3.70. The Balaban J connectivity index is 1.51. The van der Waals surface area contributed by atoms with Gasteiger partial charge in [-0.3, -0.25) is 0 Å². The molecule has 2 amide bonds. The highest BCUT2D eigenvalue weighted by Crippen LogP contribution is 2.30. The minimum absolute atomic E-state index is 0.0183. The molecule has 0 aromatic carbocycles. The zero-order chi connectivity index (χ0) is 14.7. The number of thiophene rings is 1. The van der Waals surface area contributed by atoms with Crippen LogP contribution in [0, 0.1) is 0 Å². The molecule has 1 atom stereocenters. The minimum atomic E-state index is -0.547. The summed E-state index contributed by atoms with van der Waals surface area (Å²) >= 11 is 1.69. The highest BCUT2D eigenvalue weighted by molar-refractivity contribution is 7.07. The minimum Gasteiger partial charge on any atom is -0.346 e. The van der Waals surface area contributed by atoms with Crippen LogP contribution in [-0.2, 0) is 9.47 Å². The third-order valence-corrected chi connectivity index (χ3v) is 4.89. The molecule has 0 unspecified atom stereocenters. The van der Waals surface area contributed by atoms with Crippen molar-refractivity contribution in [3.05, 3.63) is 22.4 Å². The van der Waals surface area contributed by atoms with Crippen molar-refractivity contribution >= 4 is 17.4 Å². The summed E-state index contributed by atoms with van der Waals surface area (Å²) in [6.45, 7) is 5.35. The first-order valence-corrected chi connectivity index (χ1v) is 8.46. The Morgan fingerprint density at radius 3 is 3.05 bits per heavy atom. The monoisotopic (exact) mass is 310 g/mol. The predicted octanol–water partition coefficient (Wildman–Crippen LogP) is 2.40. The summed E-state index contributed by atoms with van der Waals surface area (Å²) in [5, 5.41) is 7.23.